The van der Waals surface area contributed by atoms with E-state index in [4.69, 9.17) is 0 Å². The lowest BCUT2D eigenvalue weighted by molar-refractivity contribution is 0.102. The summed E-state index contributed by atoms with van der Waals surface area (Å²) in [5, 5.41) is 9.82. The van der Waals surface area contributed by atoms with Crippen molar-refractivity contribution in [1.29, 1.82) is 0 Å². The maximum Gasteiger partial charge on any atom is 0.256 e. The first kappa shape index (κ1) is 19.4. The molecule has 0 saturated heterocycles. The van der Waals surface area contributed by atoms with E-state index in [0.29, 0.717) is 5.56 Å². The maximum absolute atomic E-state index is 12.8. The molecular weight excluding hydrogens is 396 g/mol. The number of carbonyl (C=O) groups excluding carboxylic acids is 1. The van der Waals surface area contributed by atoms with E-state index < -0.39 is 0 Å². The predicted octanol–water partition coefficient (Wildman–Crippen LogP) is 6.88. The number of aryl methyl sites for hydroxylation is 1. The molecule has 2 aromatic carbocycles. The largest absolute Gasteiger partial charge is 0.373 e. The second-order valence-electron chi connectivity index (χ2n) is 6.80. The van der Waals surface area contributed by atoms with Gasteiger partial charge in [-0.3, -0.25) is 4.79 Å². The average Bonchev–Trinajstić information content (AvgIpc) is 3.37. The standard InChI is InChI=1S/C24H22N2OS2/c1-16-17(2)29-24(26-23(27)18-10-5-3-6-11-18)21(16)22(20-14-9-15-28-20)25-19-12-7-4-8-13-19/h3-15,22,25H,1-2H3,(H,26,27)/t22-/m1/s1. The van der Waals surface area contributed by atoms with Crippen molar-refractivity contribution in [2.45, 2.75) is 19.9 Å². The highest BCUT2D eigenvalue weighted by Crippen LogP contribution is 2.42. The zero-order valence-electron chi connectivity index (χ0n) is 16.3. The molecule has 29 heavy (non-hydrogen) atoms. The minimum Gasteiger partial charge on any atom is -0.373 e. The highest BCUT2D eigenvalue weighted by atomic mass is 32.1. The Morgan fingerprint density at radius 3 is 2.24 bits per heavy atom. The second kappa shape index (κ2) is 8.64. The smallest absolute Gasteiger partial charge is 0.256 e. The molecule has 0 unspecified atom stereocenters. The van der Waals surface area contributed by atoms with Gasteiger partial charge in [-0.1, -0.05) is 42.5 Å². The van der Waals surface area contributed by atoms with Gasteiger partial charge < -0.3 is 10.6 Å². The molecular formula is C24H22N2OS2. The van der Waals surface area contributed by atoms with Gasteiger partial charge in [0, 0.05) is 26.6 Å². The molecule has 4 rings (SSSR count). The highest BCUT2D eigenvalue weighted by Gasteiger charge is 2.25. The molecule has 146 valence electrons. The van der Waals surface area contributed by atoms with E-state index in [1.807, 2.05) is 48.5 Å². The van der Waals surface area contributed by atoms with E-state index in [1.165, 1.54) is 15.3 Å². The van der Waals surface area contributed by atoms with Crippen LogP contribution in [0.15, 0.2) is 78.2 Å². The van der Waals surface area contributed by atoms with Gasteiger partial charge in [0.2, 0.25) is 0 Å². The summed E-state index contributed by atoms with van der Waals surface area (Å²) in [5.74, 6) is -0.0854. The fourth-order valence-corrected chi connectivity index (χ4v) is 5.17. The summed E-state index contributed by atoms with van der Waals surface area (Å²) in [6, 6.07) is 23.7. The molecule has 5 heteroatoms. The lowest BCUT2D eigenvalue weighted by Crippen LogP contribution is -2.16. The molecule has 0 spiro atoms. The Morgan fingerprint density at radius 2 is 1.59 bits per heavy atom. The van der Waals surface area contributed by atoms with Gasteiger partial charge in [0.25, 0.3) is 5.91 Å². The van der Waals surface area contributed by atoms with Gasteiger partial charge in [-0.25, -0.2) is 0 Å². The van der Waals surface area contributed by atoms with Crippen LogP contribution in [0.3, 0.4) is 0 Å². The third kappa shape index (κ3) is 4.26. The zero-order chi connectivity index (χ0) is 20.2. The fraction of sp³-hybridized carbons (Fsp3) is 0.125. The Bertz CT molecular complexity index is 1090. The van der Waals surface area contributed by atoms with Crippen molar-refractivity contribution in [3.63, 3.8) is 0 Å². The van der Waals surface area contributed by atoms with Crippen LogP contribution in [0.4, 0.5) is 10.7 Å². The van der Waals surface area contributed by atoms with Gasteiger partial charge >= 0.3 is 0 Å². The maximum atomic E-state index is 12.8. The number of amides is 1. The molecule has 0 aliphatic heterocycles. The fourth-order valence-electron chi connectivity index (χ4n) is 3.29. The highest BCUT2D eigenvalue weighted by molar-refractivity contribution is 7.16. The Labute approximate surface area is 179 Å². The van der Waals surface area contributed by atoms with E-state index in [2.05, 4.69) is 54.1 Å². The second-order valence-corrected chi connectivity index (χ2v) is 9.01. The van der Waals surface area contributed by atoms with Crippen molar-refractivity contribution >= 4 is 39.3 Å². The Morgan fingerprint density at radius 1 is 0.897 bits per heavy atom. The van der Waals surface area contributed by atoms with Crippen LogP contribution >= 0.6 is 22.7 Å². The van der Waals surface area contributed by atoms with Crippen molar-refractivity contribution < 1.29 is 4.79 Å². The first-order valence-electron chi connectivity index (χ1n) is 9.44. The number of anilines is 2. The van der Waals surface area contributed by atoms with Crippen LogP contribution in [0.25, 0.3) is 0 Å². The van der Waals surface area contributed by atoms with Crippen LogP contribution in [-0.2, 0) is 0 Å². The van der Waals surface area contributed by atoms with E-state index in [1.54, 1.807) is 22.7 Å². The first-order chi connectivity index (χ1) is 14.1. The monoisotopic (exact) mass is 418 g/mol. The Hall–Kier alpha value is -2.89. The number of hydrogen-bond acceptors (Lipinski definition) is 4. The van der Waals surface area contributed by atoms with E-state index in [-0.39, 0.29) is 11.9 Å². The summed E-state index contributed by atoms with van der Waals surface area (Å²) in [6.07, 6.45) is 0. The third-order valence-electron chi connectivity index (χ3n) is 4.90. The average molecular weight is 419 g/mol. The topological polar surface area (TPSA) is 41.1 Å². The molecule has 0 radical (unpaired) electrons. The van der Waals surface area contributed by atoms with E-state index in [0.717, 1.165) is 16.3 Å². The molecule has 2 heterocycles. The molecule has 2 N–H and O–H groups in total. The molecule has 0 saturated carbocycles. The number of nitrogens with one attached hydrogen (secondary N) is 2. The summed E-state index contributed by atoms with van der Waals surface area (Å²) in [5.41, 5.74) is 4.05. The summed E-state index contributed by atoms with van der Waals surface area (Å²) in [7, 11) is 0. The van der Waals surface area contributed by atoms with Crippen molar-refractivity contribution in [2.24, 2.45) is 0 Å². The molecule has 3 nitrogen and oxygen atoms in total. The van der Waals surface area contributed by atoms with Crippen LogP contribution in [-0.4, -0.2) is 5.91 Å². The molecule has 0 fully saturated rings. The molecule has 0 bridgehead atoms. The van der Waals surface area contributed by atoms with Crippen LogP contribution in [0.2, 0.25) is 0 Å². The SMILES string of the molecule is Cc1sc(NC(=O)c2ccccc2)c([C@H](Nc2ccccc2)c2cccs2)c1C. The molecule has 1 amide bonds. The van der Waals surface area contributed by atoms with Gasteiger partial charge in [0.1, 0.15) is 5.00 Å². The first-order valence-corrected chi connectivity index (χ1v) is 11.1. The van der Waals surface area contributed by atoms with E-state index in [9.17, 15) is 4.79 Å². The van der Waals surface area contributed by atoms with Crippen LogP contribution in [0.5, 0.6) is 0 Å². The van der Waals surface area contributed by atoms with Gasteiger partial charge in [0.05, 0.1) is 6.04 Å². The minimum atomic E-state index is -0.0854. The van der Waals surface area contributed by atoms with Crippen LogP contribution in [0.1, 0.15) is 37.3 Å². The van der Waals surface area contributed by atoms with Crippen LogP contribution < -0.4 is 10.6 Å². The van der Waals surface area contributed by atoms with Crippen molar-refractivity contribution in [2.75, 3.05) is 10.6 Å². The molecule has 0 aliphatic rings. The summed E-state index contributed by atoms with van der Waals surface area (Å²) in [4.78, 5) is 15.3. The van der Waals surface area contributed by atoms with Crippen LogP contribution in [0, 0.1) is 13.8 Å². The third-order valence-corrected chi connectivity index (χ3v) is 6.97. The van der Waals surface area contributed by atoms with Crippen molar-refractivity contribution in [3.05, 3.63) is 105 Å². The summed E-state index contributed by atoms with van der Waals surface area (Å²) < 4.78 is 0. The van der Waals surface area contributed by atoms with Gasteiger partial charge in [-0.15, -0.1) is 22.7 Å². The minimum absolute atomic E-state index is 0.0339. The number of hydrogen-bond donors (Lipinski definition) is 2. The molecule has 2 aromatic heterocycles. The van der Waals surface area contributed by atoms with Gasteiger partial charge in [0.15, 0.2) is 0 Å². The molecule has 4 aromatic rings. The van der Waals surface area contributed by atoms with E-state index >= 15 is 0 Å². The number of para-hydroxylation sites is 1. The number of carbonyl (C=O) groups is 1. The number of benzene rings is 2. The van der Waals surface area contributed by atoms with Crippen molar-refractivity contribution in [3.8, 4) is 0 Å². The number of thiophene rings is 2. The lowest BCUT2D eigenvalue weighted by Gasteiger charge is -2.21. The Balaban J connectivity index is 1.73. The summed E-state index contributed by atoms with van der Waals surface area (Å²) in [6.45, 7) is 4.24. The normalized spacial score (nSPS) is 11.8. The zero-order valence-corrected chi connectivity index (χ0v) is 17.9. The summed E-state index contributed by atoms with van der Waals surface area (Å²) >= 11 is 3.35. The predicted molar refractivity (Wildman–Crippen MR) is 124 cm³/mol. The van der Waals surface area contributed by atoms with Gasteiger partial charge in [-0.2, -0.15) is 0 Å². The quantitative estimate of drug-likeness (QED) is 0.358. The van der Waals surface area contributed by atoms with Gasteiger partial charge in [-0.05, 0) is 55.1 Å². The Kier molecular flexibility index (Phi) is 5.79. The molecule has 0 aliphatic carbocycles. The molecule has 1 atom stereocenters. The van der Waals surface area contributed by atoms with Crippen molar-refractivity contribution in [1.82, 2.24) is 0 Å². The number of rotatable bonds is 6. The lowest BCUT2D eigenvalue weighted by atomic mass is 10.0.